The first kappa shape index (κ1) is 29.8. The van der Waals surface area contributed by atoms with Gasteiger partial charge >= 0.3 is 0 Å². The van der Waals surface area contributed by atoms with Crippen molar-refractivity contribution in [1.29, 1.82) is 0 Å². The molecule has 44 heavy (non-hydrogen) atoms. The van der Waals surface area contributed by atoms with E-state index >= 15 is 0 Å². The number of nitrogens with one attached hydrogen (secondary N) is 2. The summed E-state index contributed by atoms with van der Waals surface area (Å²) in [7, 11) is 2.70. The van der Waals surface area contributed by atoms with Gasteiger partial charge in [-0.15, -0.1) is 0 Å². The zero-order valence-corrected chi connectivity index (χ0v) is 26.1. The van der Waals surface area contributed by atoms with Gasteiger partial charge in [0.05, 0.1) is 46.2 Å². The Morgan fingerprint density at radius 2 is 1.75 bits per heavy atom. The first-order valence-electron chi connectivity index (χ1n) is 15.0. The maximum Gasteiger partial charge on any atom is 0.256 e. The lowest BCUT2D eigenvalue weighted by Crippen LogP contribution is -2.28. The van der Waals surface area contributed by atoms with E-state index in [0.29, 0.717) is 41.8 Å². The zero-order chi connectivity index (χ0) is 30.7. The SMILES string of the molecule is CN(C)CC1CCC(CNc2cc(Nc3ccnc(-c4cnn(S(=O)(=O)C5CC5)c4)n3)ncc2C#Cc2cnn(C)c2)CC1. The van der Waals surface area contributed by atoms with Crippen LogP contribution < -0.4 is 10.6 Å². The first-order chi connectivity index (χ1) is 21.2. The number of anilines is 3. The molecule has 0 spiro atoms. The molecule has 13 heteroatoms. The quantitative estimate of drug-likeness (QED) is 0.254. The van der Waals surface area contributed by atoms with E-state index in [1.165, 1.54) is 38.1 Å². The summed E-state index contributed by atoms with van der Waals surface area (Å²) in [5.74, 6) is 9.33. The van der Waals surface area contributed by atoms with Crippen LogP contribution in [0.5, 0.6) is 0 Å². The minimum atomic E-state index is -3.46. The number of hydrogen-bond acceptors (Lipinski definition) is 10. The van der Waals surface area contributed by atoms with E-state index in [0.717, 1.165) is 39.9 Å². The molecule has 4 heterocycles. The maximum atomic E-state index is 12.6. The fraction of sp³-hybridized carbons (Fsp3) is 0.452. The van der Waals surface area contributed by atoms with Gasteiger partial charge in [-0.1, -0.05) is 11.8 Å². The molecule has 2 aliphatic carbocycles. The highest BCUT2D eigenvalue weighted by molar-refractivity contribution is 7.90. The highest BCUT2D eigenvalue weighted by Crippen LogP contribution is 2.31. The molecule has 4 aromatic heterocycles. The smallest absolute Gasteiger partial charge is 0.256 e. The Morgan fingerprint density at radius 1 is 0.955 bits per heavy atom. The number of nitrogens with zero attached hydrogens (tertiary/aromatic N) is 8. The molecule has 2 aliphatic rings. The molecule has 0 bridgehead atoms. The Morgan fingerprint density at radius 3 is 2.48 bits per heavy atom. The minimum absolute atomic E-state index is 0.354. The fourth-order valence-electron chi connectivity index (χ4n) is 5.56. The summed E-state index contributed by atoms with van der Waals surface area (Å²) in [6, 6.07) is 3.69. The van der Waals surface area contributed by atoms with Gasteiger partial charge in [-0.05, 0) is 70.5 Å². The van der Waals surface area contributed by atoms with Crippen LogP contribution in [-0.4, -0.2) is 79.7 Å². The fourth-order valence-corrected chi connectivity index (χ4v) is 7.04. The monoisotopic (exact) mass is 614 g/mol. The zero-order valence-electron chi connectivity index (χ0n) is 25.3. The molecular formula is C31H38N10O2S. The average molecular weight is 615 g/mol. The molecule has 230 valence electrons. The summed E-state index contributed by atoms with van der Waals surface area (Å²) in [6.07, 6.45) is 16.2. The molecule has 2 fully saturated rings. The van der Waals surface area contributed by atoms with Crippen molar-refractivity contribution in [2.45, 2.75) is 43.8 Å². The van der Waals surface area contributed by atoms with E-state index in [1.807, 2.05) is 19.3 Å². The molecule has 0 amide bonds. The van der Waals surface area contributed by atoms with Crippen molar-refractivity contribution in [2.24, 2.45) is 18.9 Å². The third-order valence-electron chi connectivity index (χ3n) is 8.06. The molecule has 0 radical (unpaired) electrons. The molecule has 0 unspecified atom stereocenters. The van der Waals surface area contributed by atoms with Crippen LogP contribution in [0.4, 0.5) is 17.3 Å². The predicted molar refractivity (Wildman–Crippen MR) is 170 cm³/mol. The third-order valence-corrected chi connectivity index (χ3v) is 10.1. The van der Waals surface area contributed by atoms with E-state index < -0.39 is 10.0 Å². The van der Waals surface area contributed by atoms with Crippen LogP contribution in [-0.2, 0) is 17.1 Å². The predicted octanol–water partition coefficient (Wildman–Crippen LogP) is 3.73. The highest BCUT2D eigenvalue weighted by atomic mass is 32.2. The van der Waals surface area contributed by atoms with Gasteiger partial charge in [0.15, 0.2) is 5.82 Å². The van der Waals surface area contributed by atoms with Crippen molar-refractivity contribution in [2.75, 3.05) is 37.8 Å². The lowest BCUT2D eigenvalue weighted by molar-refractivity contribution is 0.228. The Kier molecular flexibility index (Phi) is 8.63. The van der Waals surface area contributed by atoms with Crippen LogP contribution in [0, 0.1) is 23.7 Å². The van der Waals surface area contributed by atoms with Gasteiger partial charge in [0, 0.05) is 44.8 Å². The van der Waals surface area contributed by atoms with Crippen molar-refractivity contribution >= 4 is 27.3 Å². The van der Waals surface area contributed by atoms with E-state index in [1.54, 1.807) is 29.3 Å². The molecule has 0 aliphatic heterocycles. The van der Waals surface area contributed by atoms with Gasteiger partial charge in [0.2, 0.25) is 0 Å². The van der Waals surface area contributed by atoms with Gasteiger partial charge in [0.1, 0.15) is 11.6 Å². The lowest BCUT2D eigenvalue weighted by atomic mass is 9.82. The molecule has 0 atom stereocenters. The summed E-state index contributed by atoms with van der Waals surface area (Å²) in [4.78, 5) is 15.8. The Labute approximate surface area is 258 Å². The number of aryl methyl sites for hydroxylation is 1. The van der Waals surface area contributed by atoms with Crippen LogP contribution >= 0.6 is 0 Å². The first-order valence-corrected chi connectivity index (χ1v) is 16.5. The van der Waals surface area contributed by atoms with Crippen molar-refractivity contribution < 1.29 is 8.42 Å². The molecular weight excluding hydrogens is 576 g/mol. The normalized spacial score (nSPS) is 18.5. The second-order valence-corrected chi connectivity index (χ2v) is 14.1. The molecule has 6 rings (SSSR count). The molecule has 0 saturated heterocycles. The van der Waals surface area contributed by atoms with E-state index in [2.05, 4.69) is 66.6 Å². The molecule has 12 nitrogen and oxygen atoms in total. The van der Waals surface area contributed by atoms with Gasteiger partial charge in [-0.3, -0.25) is 4.68 Å². The van der Waals surface area contributed by atoms with Crippen LogP contribution in [0.2, 0.25) is 0 Å². The van der Waals surface area contributed by atoms with Gasteiger partial charge in [-0.2, -0.15) is 14.3 Å². The number of rotatable bonds is 10. The van der Waals surface area contributed by atoms with Gasteiger partial charge in [-0.25, -0.2) is 23.4 Å². The van der Waals surface area contributed by atoms with Crippen LogP contribution in [0.1, 0.15) is 49.7 Å². The summed E-state index contributed by atoms with van der Waals surface area (Å²) in [6.45, 7) is 2.02. The van der Waals surface area contributed by atoms with Crippen molar-refractivity contribution in [3.05, 3.63) is 60.4 Å². The lowest BCUT2D eigenvalue weighted by Gasteiger charge is -2.30. The third kappa shape index (κ3) is 7.26. The Balaban J connectivity index is 1.18. The average Bonchev–Trinajstić information content (AvgIpc) is 3.61. The van der Waals surface area contributed by atoms with Crippen LogP contribution in [0.15, 0.2) is 49.3 Å². The second kappa shape index (κ2) is 12.8. The largest absolute Gasteiger partial charge is 0.384 e. The number of aromatic nitrogens is 7. The summed E-state index contributed by atoms with van der Waals surface area (Å²) in [5, 5.41) is 14.9. The Hall–Kier alpha value is -4.28. The van der Waals surface area contributed by atoms with Gasteiger partial charge in [0.25, 0.3) is 10.0 Å². The van der Waals surface area contributed by atoms with E-state index in [9.17, 15) is 8.42 Å². The Bertz CT molecular complexity index is 1770. The topological polar surface area (TPSA) is 136 Å². The second-order valence-electron chi connectivity index (χ2n) is 12.0. The number of pyridine rings is 1. The maximum absolute atomic E-state index is 12.6. The van der Waals surface area contributed by atoms with E-state index in [4.69, 9.17) is 0 Å². The molecule has 4 aromatic rings. The van der Waals surface area contributed by atoms with Crippen molar-refractivity contribution in [1.82, 2.24) is 38.8 Å². The van der Waals surface area contributed by atoms with Crippen molar-refractivity contribution in [3.63, 3.8) is 0 Å². The molecule has 0 aromatic carbocycles. The van der Waals surface area contributed by atoms with Crippen LogP contribution in [0.25, 0.3) is 11.4 Å². The van der Waals surface area contributed by atoms with E-state index in [-0.39, 0.29) is 5.25 Å². The van der Waals surface area contributed by atoms with Crippen molar-refractivity contribution in [3.8, 4) is 23.2 Å². The minimum Gasteiger partial charge on any atom is -0.384 e. The molecule has 2 saturated carbocycles. The van der Waals surface area contributed by atoms with Crippen LogP contribution in [0.3, 0.4) is 0 Å². The van der Waals surface area contributed by atoms with Gasteiger partial charge < -0.3 is 15.5 Å². The summed E-state index contributed by atoms with van der Waals surface area (Å²) < 4.78 is 27.9. The number of hydrogen-bond donors (Lipinski definition) is 2. The standard InChI is InChI=1S/C31H38N10O2S/c1-39(2)19-23-6-4-22(5-7-23)15-33-28-14-30(34-17-25(28)9-8-24-16-35-40(3)20-24)37-29-12-13-32-31(38-29)26-18-36-41(21-26)44(42,43)27-10-11-27/h12-14,16-18,20-23,27H,4-7,10-11,15,19H2,1-3H3,(H2,32,33,34,37,38). The summed E-state index contributed by atoms with van der Waals surface area (Å²) >= 11 is 0. The summed E-state index contributed by atoms with van der Waals surface area (Å²) in [5.41, 5.74) is 3.06. The highest BCUT2D eigenvalue weighted by Gasteiger charge is 2.37. The molecule has 2 N–H and O–H groups in total.